The van der Waals surface area contributed by atoms with Gasteiger partial charge in [-0.1, -0.05) is 6.07 Å². The van der Waals surface area contributed by atoms with Gasteiger partial charge in [0.25, 0.3) is 0 Å². The van der Waals surface area contributed by atoms with Crippen molar-refractivity contribution in [2.24, 2.45) is 4.99 Å². The van der Waals surface area contributed by atoms with Gasteiger partial charge in [-0.3, -0.25) is 9.79 Å². The van der Waals surface area contributed by atoms with Crippen LogP contribution >= 0.6 is 24.0 Å². The molecule has 9 heteroatoms. The molecule has 1 aromatic rings. The normalized spacial score (nSPS) is 14.5. The van der Waals surface area contributed by atoms with Crippen molar-refractivity contribution in [1.29, 1.82) is 0 Å². The molecule has 0 aliphatic carbocycles. The Morgan fingerprint density at radius 3 is 2.67 bits per heavy atom. The van der Waals surface area contributed by atoms with Gasteiger partial charge in [-0.2, -0.15) is 0 Å². The van der Waals surface area contributed by atoms with Gasteiger partial charge in [0.15, 0.2) is 5.96 Å². The quantitative estimate of drug-likeness (QED) is 0.245. The highest BCUT2D eigenvalue weighted by molar-refractivity contribution is 14.0. The average Bonchev–Trinajstić information content (AvgIpc) is 2.69. The number of carbonyl (C=O) groups excluding carboxylic acids is 1. The molecule has 8 nitrogen and oxygen atoms in total. The minimum Gasteiger partial charge on any atom is -0.383 e. The van der Waals surface area contributed by atoms with E-state index in [2.05, 4.69) is 25.5 Å². The number of nitrogens with one attached hydrogen (secondary N) is 2. The highest BCUT2D eigenvalue weighted by atomic mass is 127. The van der Waals surface area contributed by atoms with Crippen molar-refractivity contribution in [3.8, 4) is 0 Å². The monoisotopic (exact) mass is 490 g/mol. The molecule has 2 heterocycles. The fraction of sp³-hybridized carbons (Fsp3) is 0.611. The minimum absolute atomic E-state index is 0. The summed E-state index contributed by atoms with van der Waals surface area (Å²) >= 11 is 0. The van der Waals surface area contributed by atoms with Crippen molar-refractivity contribution in [2.45, 2.75) is 13.3 Å². The summed E-state index contributed by atoms with van der Waals surface area (Å²) in [5, 5.41) is 6.36. The van der Waals surface area contributed by atoms with E-state index in [0.717, 1.165) is 44.5 Å². The van der Waals surface area contributed by atoms with E-state index >= 15 is 0 Å². The third kappa shape index (κ3) is 8.29. The molecule has 0 unspecified atom stereocenters. The van der Waals surface area contributed by atoms with Crippen LogP contribution in [0.5, 0.6) is 0 Å². The van der Waals surface area contributed by atoms with Crippen molar-refractivity contribution in [3.63, 3.8) is 0 Å². The number of ether oxygens (including phenoxy) is 1. The number of halogens is 1. The van der Waals surface area contributed by atoms with Crippen LogP contribution in [0, 0.1) is 0 Å². The summed E-state index contributed by atoms with van der Waals surface area (Å²) < 4.78 is 5.00. The van der Waals surface area contributed by atoms with E-state index in [1.54, 1.807) is 13.3 Å². The molecule has 152 valence electrons. The predicted octanol–water partition coefficient (Wildman–Crippen LogP) is 0.940. The van der Waals surface area contributed by atoms with E-state index in [0.29, 0.717) is 26.1 Å². The second kappa shape index (κ2) is 13.5. The summed E-state index contributed by atoms with van der Waals surface area (Å²) in [4.78, 5) is 25.3. The van der Waals surface area contributed by atoms with Crippen molar-refractivity contribution in [1.82, 2.24) is 20.5 Å². The molecule has 27 heavy (non-hydrogen) atoms. The highest BCUT2D eigenvalue weighted by Crippen LogP contribution is 2.12. The smallest absolute Gasteiger partial charge is 0.224 e. The molecule has 0 radical (unpaired) electrons. The minimum atomic E-state index is 0. The molecule has 1 aliphatic rings. The molecule has 1 aromatic heterocycles. The van der Waals surface area contributed by atoms with Gasteiger partial charge in [-0.05, 0) is 19.1 Å². The largest absolute Gasteiger partial charge is 0.383 e. The number of pyridine rings is 1. The van der Waals surface area contributed by atoms with Crippen molar-refractivity contribution < 1.29 is 9.53 Å². The van der Waals surface area contributed by atoms with Crippen LogP contribution in [0.4, 0.5) is 5.82 Å². The predicted molar refractivity (Wildman–Crippen MR) is 119 cm³/mol. The van der Waals surface area contributed by atoms with Gasteiger partial charge in [0.2, 0.25) is 5.91 Å². The Bertz CT molecular complexity index is 564. The molecule has 2 rings (SSSR count). The maximum atomic E-state index is 12.4. The van der Waals surface area contributed by atoms with Gasteiger partial charge in [0.05, 0.1) is 13.2 Å². The number of amides is 1. The molecule has 1 fully saturated rings. The zero-order valence-electron chi connectivity index (χ0n) is 16.2. The van der Waals surface area contributed by atoms with E-state index < -0.39 is 0 Å². The Morgan fingerprint density at radius 2 is 2.04 bits per heavy atom. The highest BCUT2D eigenvalue weighted by Gasteiger charge is 2.21. The Morgan fingerprint density at radius 1 is 1.26 bits per heavy atom. The second-order valence-electron chi connectivity index (χ2n) is 5.99. The molecule has 2 N–H and O–H groups in total. The van der Waals surface area contributed by atoms with Crippen LogP contribution in [0.1, 0.15) is 13.3 Å². The average molecular weight is 490 g/mol. The molecular formula is C18H31IN6O2. The number of hydrogen-bond donors (Lipinski definition) is 2. The second-order valence-corrected chi connectivity index (χ2v) is 5.99. The van der Waals surface area contributed by atoms with E-state index in [9.17, 15) is 4.79 Å². The molecule has 0 bridgehead atoms. The third-order valence-corrected chi connectivity index (χ3v) is 4.15. The number of piperazine rings is 1. The summed E-state index contributed by atoms with van der Waals surface area (Å²) in [7, 11) is 1.65. The molecule has 0 saturated carbocycles. The van der Waals surface area contributed by atoms with E-state index in [4.69, 9.17) is 4.74 Å². The lowest BCUT2D eigenvalue weighted by molar-refractivity contribution is -0.131. The molecule has 0 atom stereocenters. The summed E-state index contributed by atoms with van der Waals surface area (Å²) in [6.45, 7) is 7.63. The van der Waals surface area contributed by atoms with Gasteiger partial charge >= 0.3 is 0 Å². The molecule has 0 spiro atoms. The lowest BCUT2D eigenvalue weighted by Crippen LogP contribution is -2.49. The SMILES string of the molecule is CCNC(=NCCOC)NCCC(=O)N1CCN(c2ccccn2)CC1.I. The third-order valence-electron chi connectivity index (χ3n) is 4.15. The van der Waals surface area contributed by atoms with Crippen LogP contribution in [0.25, 0.3) is 0 Å². The maximum Gasteiger partial charge on any atom is 0.224 e. The lowest BCUT2D eigenvalue weighted by Gasteiger charge is -2.35. The van der Waals surface area contributed by atoms with Crippen molar-refractivity contribution in [3.05, 3.63) is 24.4 Å². The first-order valence-electron chi connectivity index (χ1n) is 9.19. The topological polar surface area (TPSA) is 82.1 Å². The molecule has 0 aromatic carbocycles. The molecule has 1 saturated heterocycles. The molecular weight excluding hydrogens is 459 g/mol. The fourth-order valence-corrected chi connectivity index (χ4v) is 2.76. The van der Waals surface area contributed by atoms with Crippen LogP contribution in [0.3, 0.4) is 0 Å². The van der Waals surface area contributed by atoms with Crippen LogP contribution < -0.4 is 15.5 Å². The number of aliphatic imine (C=N–C) groups is 1. The zero-order chi connectivity index (χ0) is 18.6. The van der Waals surface area contributed by atoms with Crippen LogP contribution in [-0.2, 0) is 9.53 Å². The Kier molecular flexibility index (Phi) is 11.7. The summed E-state index contributed by atoms with van der Waals surface area (Å²) in [5.41, 5.74) is 0. The van der Waals surface area contributed by atoms with E-state index in [1.807, 2.05) is 30.0 Å². The number of aromatic nitrogens is 1. The number of guanidine groups is 1. The van der Waals surface area contributed by atoms with Gasteiger partial charge < -0.3 is 25.2 Å². The summed E-state index contributed by atoms with van der Waals surface area (Å²) in [6, 6.07) is 5.91. The first kappa shape index (κ1) is 23.4. The van der Waals surface area contributed by atoms with Gasteiger partial charge in [-0.15, -0.1) is 24.0 Å². The number of hydrogen-bond acceptors (Lipinski definition) is 5. The Hall–Kier alpha value is -1.62. The first-order valence-corrected chi connectivity index (χ1v) is 9.19. The molecule has 1 aliphatic heterocycles. The van der Waals surface area contributed by atoms with Crippen molar-refractivity contribution >= 4 is 41.7 Å². The van der Waals surface area contributed by atoms with Crippen LogP contribution in [0.15, 0.2) is 29.4 Å². The maximum absolute atomic E-state index is 12.4. The van der Waals surface area contributed by atoms with Gasteiger partial charge in [-0.25, -0.2) is 4.98 Å². The number of nitrogens with zero attached hydrogens (tertiary/aromatic N) is 4. The zero-order valence-corrected chi connectivity index (χ0v) is 18.5. The first-order chi connectivity index (χ1) is 12.7. The van der Waals surface area contributed by atoms with E-state index in [1.165, 1.54) is 0 Å². The van der Waals surface area contributed by atoms with Gasteiger partial charge in [0.1, 0.15) is 5.82 Å². The standard InChI is InChI=1S/C18H30N6O2.HI/c1-3-19-18(22-10-15-26-2)21-9-7-17(25)24-13-11-23(12-14-24)16-6-4-5-8-20-16;/h4-6,8H,3,7,9-15H2,1-2H3,(H2,19,21,22);1H. The fourth-order valence-electron chi connectivity index (χ4n) is 2.76. The number of methoxy groups -OCH3 is 1. The number of anilines is 1. The Labute approximate surface area is 178 Å². The summed E-state index contributed by atoms with van der Waals surface area (Å²) in [5.74, 6) is 1.87. The van der Waals surface area contributed by atoms with Crippen LogP contribution in [-0.4, -0.2) is 81.3 Å². The van der Waals surface area contributed by atoms with Crippen LogP contribution in [0.2, 0.25) is 0 Å². The van der Waals surface area contributed by atoms with E-state index in [-0.39, 0.29) is 29.9 Å². The number of rotatable bonds is 8. The van der Waals surface area contributed by atoms with Gasteiger partial charge in [0, 0.05) is 59.0 Å². The molecule has 1 amide bonds. The Balaban J connectivity index is 0.00000364. The van der Waals surface area contributed by atoms with Crippen molar-refractivity contribution in [2.75, 3.05) is 64.4 Å². The summed E-state index contributed by atoms with van der Waals surface area (Å²) in [6.07, 6.45) is 2.26. The number of carbonyl (C=O) groups is 1. The lowest BCUT2D eigenvalue weighted by atomic mass is 10.2.